The van der Waals surface area contributed by atoms with E-state index in [2.05, 4.69) is 5.32 Å². The largest absolute Gasteiger partial charge is 0.494 e. The molecule has 2 heterocycles. The van der Waals surface area contributed by atoms with Crippen LogP contribution < -0.4 is 19.5 Å². The summed E-state index contributed by atoms with van der Waals surface area (Å²) in [5.74, 6) is 1.28. The van der Waals surface area contributed by atoms with Crippen LogP contribution in [0.3, 0.4) is 0 Å². The van der Waals surface area contributed by atoms with Crippen LogP contribution in [0.25, 0.3) is 0 Å². The van der Waals surface area contributed by atoms with Gasteiger partial charge >= 0.3 is 6.09 Å². The minimum Gasteiger partial charge on any atom is -0.494 e. The molecule has 11 heteroatoms. The number of morpholine rings is 1. The van der Waals surface area contributed by atoms with E-state index in [4.69, 9.17) is 23.7 Å². The molecule has 3 atom stereocenters. The lowest BCUT2D eigenvalue weighted by molar-refractivity contribution is -0.168. The van der Waals surface area contributed by atoms with Gasteiger partial charge in [-0.15, -0.1) is 0 Å². The number of hydrogen-bond donors (Lipinski definition) is 1. The number of benzene rings is 2. The Morgan fingerprint density at radius 2 is 1.74 bits per heavy atom. The number of amides is 3. The maximum absolute atomic E-state index is 13.7. The molecule has 2 aromatic rings. The van der Waals surface area contributed by atoms with Gasteiger partial charge in [0.25, 0.3) is 5.91 Å². The normalized spacial score (nSPS) is 20.1. The number of nitrogens with one attached hydrogen (secondary N) is 1. The van der Waals surface area contributed by atoms with Gasteiger partial charge in [0, 0.05) is 18.8 Å². The van der Waals surface area contributed by atoms with Crippen molar-refractivity contribution in [3.63, 3.8) is 0 Å². The van der Waals surface area contributed by atoms with Gasteiger partial charge in [-0.05, 0) is 76.1 Å². The van der Waals surface area contributed by atoms with E-state index in [1.54, 1.807) is 48.3 Å². The van der Waals surface area contributed by atoms with E-state index in [1.807, 2.05) is 45.9 Å². The van der Waals surface area contributed by atoms with Crippen molar-refractivity contribution < 1.29 is 38.1 Å². The second kappa shape index (κ2) is 13.3. The summed E-state index contributed by atoms with van der Waals surface area (Å²) in [6.07, 6.45) is -1.53. The zero-order valence-corrected chi connectivity index (χ0v) is 25.2. The standard InChI is InChI=1S/C31H41N3O8/c1-7-40-22-11-9-21(10-12-22)32-28(35)17-26-29(36)34(15-14-20-8-13-24(38-5)25(16-20)39-6)23-18-33(19-27(23)41-26)30(37)42-31(2,3)4/h8-13,16,23,26-27H,7,14-15,17-19H2,1-6H3,(H,32,35). The third-order valence-electron chi connectivity index (χ3n) is 7.10. The number of anilines is 1. The molecule has 0 aliphatic carbocycles. The van der Waals surface area contributed by atoms with E-state index in [0.29, 0.717) is 42.5 Å². The van der Waals surface area contributed by atoms with Crippen LogP contribution in [0.15, 0.2) is 42.5 Å². The molecule has 2 fully saturated rings. The predicted octanol–water partition coefficient (Wildman–Crippen LogP) is 3.89. The highest BCUT2D eigenvalue weighted by Gasteiger charge is 2.49. The number of methoxy groups -OCH3 is 2. The zero-order chi connectivity index (χ0) is 30.4. The van der Waals surface area contributed by atoms with Crippen LogP contribution in [0.1, 0.15) is 39.7 Å². The third kappa shape index (κ3) is 7.64. The molecule has 0 saturated carbocycles. The van der Waals surface area contributed by atoms with Gasteiger partial charge in [-0.1, -0.05) is 6.07 Å². The van der Waals surface area contributed by atoms with Gasteiger partial charge in [-0.2, -0.15) is 0 Å². The predicted molar refractivity (Wildman–Crippen MR) is 156 cm³/mol. The van der Waals surface area contributed by atoms with E-state index < -0.39 is 23.9 Å². The lowest BCUT2D eigenvalue weighted by Crippen LogP contribution is -2.59. The Morgan fingerprint density at radius 1 is 1.02 bits per heavy atom. The number of likely N-dealkylation sites (tertiary alicyclic amines) is 1. The number of nitrogens with zero attached hydrogens (tertiary/aromatic N) is 2. The van der Waals surface area contributed by atoms with Crippen LogP contribution in [0.5, 0.6) is 17.2 Å². The molecule has 1 N–H and O–H groups in total. The number of carbonyl (C=O) groups excluding carboxylic acids is 3. The smallest absolute Gasteiger partial charge is 0.410 e. The Kier molecular flexibility index (Phi) is 9.82. The zero-order valence-electron chi connectivity index (χ0n) is 25.2. The highest BCUT2D eigenvalue weighted by Crippen LogP contribution is 2.31. The summed E-state index contributed by atoms with van der Waals surface area (Å²) >= 11 is 0. The molecule has 0 radical (unpaired) electrons. The molecular formula is C31H41N3O8. The van der Waals surface area contributed by atoms with Crippen molar-refractivity contribution in [2.75, 3.05) is 45.8 Å². The molecule has 2 aromatic carbocycles. The van der Waals surface area contributed by atoms with Gasteiger partial charge in [-0.3, -0.25) is 9.59 Å². The first-order valence-corrected chi connectivity index (χ1v) is 14.2. The fraction of sp³-hybridized carbons (Fsp3) is 0.516. The SMILES string of the molecule is CCOc1ccc(NC(=O)CC2OC3CN(C(=O)OC(C)(C)C)CC3N(CCc3ccc(OC)c(OC)c3)C2=O)cc1. The first-order chi connectivity index (χ1) is 20.0. The van der Waals surface area contributed by atoms with Crippen LogP contribution in [-0.2, 0) is 25.5 Å². The van der Waals surface area contributed by atoms with E-state index in [0.717, 1.165) is 5.56 Å². The number of hydrogen-bond acceptors (Lipinski definition) is 8. The highest BCUT2D eigenvalue weighted by atomic mass is 16.6. The third-order valence-corrected chi connectivity index (χ3v) is 7.10. The Hall–Kier alpha value is -3.99. The maximum atomic E-state index is 13.7. The van der Waals surface area contributed by atoms with Crippen LogP contribution in [-0.4, -0.2) is 92.0 Å². The van der Waals surface area contributed by atoms with Gasteiger partial charge < -0.3 is 38.8 Å². The van der Waals surface area contributed by atoms with Gasteiger partial charge in [0.2, 0.25) is 5.91 Å². The summed E-state index contributed by atoms with van der Waals surface area (Å²) in [6, 6.07) is 12.3. The van der Waals surface area contributed by atoms with Crippen molar-refractivity contribution in [1.29, 1.82) is 0 Å². The molecule has 42 heavy (non-hydrogen) atoms. The Morgan fingerprint density at radius 3 is 2.38 bits per heavy atom. The first kappa shape index (κ1) is 31.0. The van der Waals surface area contributed by atoms with Crippen LogP contribution in [0.4, 0.5) is 10.5 Å². The Bertz CT molecular complexity index is 1260. The van der Waals surface area contributed by atoms with Crippen molar-refractivity contribution in [2.45, 2.75) is 64.4 Å². The molecule has 4 rings (SSSR count). The van der Waals surface area contributed by atoms with E-state index in [9.17, 15) is 14.4 Å². The molecule has 0 aromatic heterocycles. The van der Waals surface area contributed by atoms with Crippen molar-refractivity contribution in [2.24, 2.45) is 0 Å². The number of rotatable bonds is 10. The molecule has 2 saturated heterocycles. The van der Waals surface area contributed by atoms with Crippen molar-refractivity contribution in [3.8, 4) is 17.2 Å². The average molecular weight is 584 g/mol. The van der Waals surface area contributed by atoms with Gasteiger partial charge in [-0.25, -0.2) is 4.79 Å². The fourth-order valence-electron chi connectivity index (χ4n) is 5.16. The summed E-state index contributed by atoms with van der Waals surface area (Å²) in [5.41, 5.74) is 0.887. The van der Waals surface area contributed by atoms with E-state index in [-0.39, 0.29) is 37.4 Å². The van der Waals surface area contributed by atoms with Gasteiger partial charge in [0.1, 0.15) is 17.5 Å². The highest BCUT2D eigenvalue weighted by molar-refractivity contribution is 5.95. The van der Waals surface area contributed by atoms with E-state index in [1.165, 1.54) is 0 Å². The van der Waals surface area contributed by atoms with Crippen molar-refractivity contribution in [3.05, 3.63) is 48.0 Å². The molecule has 228 valence electrons. The Labute approximate surface area is 247 Å². The summed E-state index contributed by atoms with van der Waals surface area (Å²) < 4.78 is 28.0. The average Bonchev–Trinajstić information content (AvgIpc) is 3.37. The summed E-state index contributed by atoms with van der Waals surface area (Å²) in [7, 11) is 3.15. The Balaban J connectivity index is 1.49. The topological polar surface area (TPSA) is 116 Å². The second-order valence-corrected chi connectivity index (χ2v) is 11.3. The monoisotopic (exact) mass is 583 g/mol. The first-order valence-electron chi connectivity index (χ1n) is 14.2. The summed E-state index contributed by atoms with van der Waals surface area (Å²) in [4.78, 5) is 42.9. The minimum absolute atomic E-state index is 0.158. The molecule has 2 aliphatic rings. The minimum atomic E-state index is -0.988. The fourth-order valence-corrected chi connectivity index (χ4v) is 5.16. The van der Waals surface area contributed by atoms with Crippen molar-refractivity contribution >= 4 is 23.6 Å². The second-order valence-electron chi connectivity index (χ2n) is 11.3. The molecule has 0 bridgehead atoms. The molecule has 11 nitrogen and oxygen atoms in total. The summed E-state index contributed by atoms with van der Waals surface area (Å²) in [6.45, 7) is 8.78. The van der Waals surface area contributed by atoms with Crippen LogP contribution >= 0.6 is 0 Å². The van der Waals surface area contributed by atoms with Gasteiger partial charge in [0.15, 0.2) is 11.5 Å². The molecule has 0 spiro atoms. The number of carbonyl (C=O) groups is 3. The lowest BCUT2D eigenvalue weighted by atomic mass is 10.0. The van der Waals surface area contributed by atoms with Crippen molar-refractivity contribution in [1.82, 2.24) is 9.80 Å². The number of ether oxygens (including phenoxy) is 5. The van der Waals surface area contributed by atoms with Gasteiger partial charge in [0.05, 0.1) is 45.9 Å². The molecule has 3 unspecified atom stereocenters. The molecule has 2 aliphatic heterocycles. The van der Waals surface area contributed by atoms with Crippen LogP contribution in [0, 0.1) is 0 Å². The number of fused-ring (bicyclic) bond motifs is 1. The van der Waals surface area contributed by atoms with E-state index >= 15 is 0 Å². The van der Waals surface area contributed by atoms with Crippen LogP contribution in [0.2, 0.25) is 0 Å². The molecule has 3 amide bonds. The maximum Gasteiger partial charge on any atom is 0.410 e. The lowest BCUT2D eigenvalue weighted by Gasteiger charge is -2.40. The molecular weight excluding hydrogens is 542 g/mol. The quantitative estimate of drug-likeness (QED) is 0.448. The summed E-state index contributed by atoms with van der Waals surface area (Å²) in [5, 5.41) is 2.83.